The fourth-order valence-corrected chi connectivity index (χ4v) is 3.18. The SMILES string of the molecule is Cc1cc(Sc2ccc3c(c2)N(C)C(=O)C3=O)n(C)n1. The van der Waals surface area contributed by atoms with Crippen LogP contribution in [0.1, 0.15) is 16.1 Å². The molecule has 0 fully saturated rings. The van der Waals surface area contributed by atoms with E-state index in [1.807, 2.05) is 36.9 Å². The molecule has 1 aromatic carbocycles. The predicted molar refractivity (Wildman–Crippen MR) is 76.3 cm³/mol. The number of hydrogen-bond acceptors (Lipinski definition) is 4. The van der Waals surface area contributed by atoms with Crippen molar-refractivity contribution in [3.05, 3.63) is 35.5 Å². The summed E-state index contributed by atoms with van der Waals surface area (Å²) in [5, 5.41) is 5.31. The van der Waals surface area contributed by atoms with Crippen LogP contribution in [-0.4, -0.2) is 28.5 Å². The Bertz CT molecular complexity index is 736. The first-order valence-corrected chi connectivity index (χ1v) is 6.94. The number of ketones is 1. The molecule has 0 unspecified atom stereocenters. The maximum Gasteiger partial charge on any atom is 0.299 e. The Morgan fingerprint density at radius 3 is 2.55 bits per heavy atom. The first-order chi connectivity index (χ1) is 9.47. The number of carbonyl (C=O) groups excluding carboxylic acids is 2. The third kappa shape index (κ3) is 1.92. The Morgan fingerprint density at radius 1 is 1.15 bits per heavy atom. The molecule has 1 amide bonds. The van der Waals surface area contributed by atoms with E-state index in [1.165, 1.54) is 4.90 Å². The number of Topliss-reactive ketones (excluding diaryl/α,β-unsaturated/α-hetero) is 1. The van der Waals surface area contributed by atoms with E-state index in [9.17, 15) is 9.59 Å². The van der Waals surface area contributed by atoms with Crippen LogP contribution in [0.5, 0.6) is 0 Å². The van der Waals surface area contributed by atoms with E-state index in [2.05, 4.69) is 5.10 Å². The second-order valence-corrected chi connectivity index (χ2v) is 5.82. The molecule has 0 saturated heterocycles. The molecule has 0 saturated carbocycles. The number of aryl methyl sites for hydroxylation is 2. The van der Waals surface area contributed by atoms with Crippen LogP contribution in [0, 0.1) is 6.92 Å². The lowest BCUT2D eigenvalue weighted by Crippen LogP contribution is -2.24. The number of benzene rings is 1. The number of fused-ring (bicyclic) bond motifs is 1. The molecule has 0 atom stereocenters. The summed E-state index contributed by atoms with van der Waals surface area (Å²) in [6, 6.07) is 7.43. The molecule has 1 aromatic heterocycles. The molecule has 0 spiro atoms. The van der Waals surface area contributed by atoms with Crippen LogP contribution in [0.25, 0.3) is 0 Å². The van der Waals surface area contributed by atoms with Crippen molar-refractivity contribution in [1.29, 1.82) is 0 Å². The molecule has 102 valence electrons. The number of likely N-dealkylation sites (N-methyl/N-ethyl adjacent to an activating group) is 1. The van der Waals surface area contributed by atoms with E-state index < -0.39 is 11.7 Å². The fraction of sp³-hybridized carbons (Fsp3) is 0.214. The number of rotatable bonds is 2. The Morgan fingerprint density at radius 2 is 1.90 bits per heavy atom. The van der Waals surface area contributed by atoms with Gasteiger partial charge in [-0.1, -0.05) is 11.8 Å². The van der Waals surface area contributed by atoms with Gasteiger partial charge in [0.2, 0.25) is 0 Å². The van der Waals surface area contributed by atoms with E-state index >= 15 is 0 Å². The Labute approximate surface area is 120 Å². The average Bonchev–Trinajstić information content (AvgIpc) is 2.83. The van der Waals surface area contributed by atoms with Crippen LogP contribution >= 0.6 is 11.8 Å². The molecule has 0 radical (unpaired) electrons. The minimum atomic E-state index is -0.474. The highest BCUT2D eigenvalue weighted by Crippen LogP contribution is 2.35. The average molecular weight is 287 g/mol. The van der Waals surface area contributed by atoms with Gasteiger partial charge in [-0.2, -0.15) is 5.10 Å². The number of anilines is 1. The minimum Gasteiger partial charge on any atom is -0.308 e. The number of carbonyl (C=O) groups is 2. The summed E-state index contributed by atoms with van der Waals surface area (Å²) in [6.45, 7) is 1.94. The first-order valence-electron chi connectivity index (χ1n) is 6.12. The van der Waals surface area contributed by atoms with Crippen molar-refractivity contribution >= 4 is 29.1 Å². The van der Waals surface area contributed by atoms with E-state index in [0.717, 1.165) is 15.6 Å². The molecule has 1 aliphatic heterocycles. The van der Waals surface area contributed by atoms with Gasteiger partial charge < -0.3 is 4.90 Å². The smallest absolute Gasteiger partial charge is 0.299 e. The van der Waals surface area contributed by atoms with Gasteiger partial charge >= 0.3 is 0 Å². The van der Waals surface area contributed by atoms with Gasteiger partial charge in [0, 0.05) is 19.0 Å². The van der Waals surface area contributed by atoms with Crippen LogP contribution in [0.4, 0.5) is 5.69 Å². The highest BCUT2D eigenvalue weighted by atomic mass is 32.2. The number of hydrogen-bond donors (Lipinski definition) is 0. The highest BCUT2D eigenvalue weighted by Gasteiger charge is 2.33. The second-order valence-electron chi connectivity index (χ2n) is 4.72. The lowest BCUT2D eigenvalue weighted by atomic mass is 10.1. The van der Waals surface area contributed by atoms with Crippen LogP contribution in [0.3, 0.4) is 0 Å². The lowest BCUT2D eigenvalue weighted by molar-refractivity contribution is -0.114. The molecule has 6 heteroatoms. The molecular formula is C14H13N3O2S. The van der Waals surface area contributed by atoms with Crippen molar-refractivity contribution in [1.82, 2.24) is 9.78 Å². The molecule has 1 aliphatic rings. The third-order valence-electron chi connectivity index (χ3n) is 3.26. The van der Waals surface area contributed by atoms with Crippen molar-refractivity contribution < 1.29 is 9.59 Å². The molecule has 2 heterocycles. The third-order valence-corrected chi connectivity index (χ3v) is 4.34. The summed E-state index contributed by atoms with van der Waals surface area (Å²) in [4.78, 5) is 25.7. The molecule has 20 heavy (non-hydrogen) atoms. The van der Waals surface area contributed by atoms with Crippen LogP contribution in [0.2, 0.25) is 0 Å². The molecule has 0 N–H and O–H groups in total. The summed E-state index contributed by atoms with van der Waals surface area (Å²) in [6.07, 6.45) is 0. The molecular weight excluding hydrogens is 274 g/mol. The van der Waals surface area contributed by atoms with Crippen LogP contribution in [-0.2, 0) is 11.8 Å². The standard InChI is InChI=1S/C14H13N3O2S/c1-8-6-12(17(3)15-8)20-9-4-5-10-11(7-9)16(2)14(19)13(10)18/h4-7H,1-3H3. The molecule has 0 aliphatic carbocycles. The van der Waals surface area contributed by atoms with Gasteiger partial charge in [0.05, 0.1) is 22.0 Å². The van der Waals surface area contributed by atoms with Crippen molar-refractivity contribution in [2.45, 2.75) is 16.8 Å². The zero-order chi connectivity index (χ0) is 14.4. The van der Waals surface area contributed by atoms with E-state index in [4.69, 9.17) is 0 Å². The quantitative estimate of drug-likeness (QED) is 0.793. The second kappa shape index (κ2) is 4.49. The van der Waals surface area contributed by atoms with Gasteiger partial charge in [-0.3, -0.25) is 14.3 Å². The van der Waals surface area contributed by atoms with Crippen molar-refractivity contribution in [2.24, 2.45) is 7.05 Å². The van der Waals surface area contributed by atoms with E-state index in [1.54, 1.807) is 24.9 Å². The number of amides is 1. The van der Waals surface area contributed by atoms with Crippen molar-refractivity contribution in [3.8, 4) is 0 Å². The molecule has 2 aromatic rings. The summed E-state index contributed by atoms with van der Waals surface area (Å²) < 4.78 is 1.81. The predicted octanol–water partition coefficient (Wildman–Crippen LogP) is 2.04. The normalized spacial score (nSPS) is 14.1. The first kappa shape index (κ1) is 12.9. The maximum atomic E-state index is 11.7. The summed E-state index contributed by atoms with van der Waals surface area (Å²) in [7, 11) is 3.51. The zero-order valence-electron chi connectivity index (χ0n) is 11.4. The van der Waals surface area contributed by atoms with Gasteiger partial charge in [0.1, 0.15) is 0 Å². The zero-order valence-corrected chi connectivity index (χ0v) is 12.2. The van der Waals surface area contributed by atoms with Gasteiger partial charge in [-0.25, -0.2) is 0 Å². The number of nitrogens with zero attached hydrogens (tertiary/aromatic N) is 3. The monoisotopic (exact) mass is 287 g/mol. The molecule has 0 bridgehead atoms. The minimum absolute atomic E-state index is 0.435. The van der Waals surface area contributed by atoms with Gasteiger partial charge in [-0.05, 0) is 31.2 Å². The highest BCUT2D eigenvalue weighted by molar-refractivity contribution is 7.99. The topological polar surface area (TPSA) is 55.2 Å². The van der Waals surface area contributed by atoms with Gasteiger partial charge in [-0.15, -0.1) is 0 Å². The Balaban J connectivity index is 1.96. The largest absolute Gasteiger partial charge is 0.308 e. The summed E-state index contributed by atoms with van der Waals surface area (Å²) >= 11 is 1.56. The van der Waals surface area contributed by atoms with Crippen molar-refractivity contribution in [2.75, 3.05) is 11.9 Å². The Hall–Kier alpha value is -2.08. The maximum absolute atomic E-state index is 11.7. The lowest BCUT2D eigenvalue weighted by Gasteiger charge is -2.10. The molecule has 3 rings (SSSR count). The van der Waals surface area contributed by atoms with E-state index in [0.29, 0.717) is 11.3 Å². The van der Waals surface area contributed by atoms with Crippen LogP contribution < -0.4 is 4.90 Å². The summed E-state index contributed by atoms with van der Waals surface area (Å²) in [5.41, 5.74) is 2.10. The van der Waals surface area contributed by atoms with Crippen LogP contribution in [0.15, 0.2) is 34.2 Å². The molecule has 5 nitrogen and oxygen atoms in total. The summed E-state index contributed by atoms with van der Waals surface area (Å²) in [5.74, 6) is -0.908. The van der Waals surface area contributed by atoms with Gasteiger partial charge in [0.25, 0.3) is 11.7 Å². The van der Waals surface area contributed by atoms with E-state index in [-0.39, 0.29) is 0 Å². The van der Waals surface area contributed by atoms with Crippen molar-refractivity contribution in [3.63, 3.8) is 0 Å². The van der Waals surface area contributed by atoms with Gasteiger partial charge in [0.15, 0.2) is 0 Å². The Kier molecular flexibility index (Phi) is 2.90. The number of aromatic nitrogens is 2. The fourth-order valence-electron chi connectivity index (χ4n) is 2.22.